The fourth-order valence-corrected chi connectivity index (χ4v) is 1.86. The average molecular weight is 270 g/mol. The second-order valence-electron chi connectivity index (χ2n) is 3.70. The van der Waals surface area contributed by atoms with Gasteiger partial charge < -0.3 is 14.7 Å². The number of hydrogen-bond donors (Lipinski definition) is 1. The summed E-state index contributed by atoms with van der Waals surface area (Å²) in [5.74, 6) is -0.990. The van der Waals surface area contributed by atoms with E-state index in [2.05, 4.69) is 6.58 Å². The summed E-state index contributed by atoms with van der Waals surface area (Å²) in [6, 6.07) is 4.68. The molecule has 0 aliphatic carbocycles. The van der Waals surface area contributed by atoms with Crippen LogP contribution >= 0.6 is 11.6 Å². The lowest BCUT2D eigenvalue weighted by molar-refractivity contribution is 0.0697. The van der Waals surface area contributed by atoms with Gasteiger partial charge in [0.15, 0.2) is 0 Å². The summed E-state index contributed by atoms with van der Waals surface area (Å²) in [5.41, 5.74) is 0.952. The van der Waals surface area contributed by atoms with Crippen molar-refractivity contribution in [1.29, 1.82) is 0 Å². The molecule has 0 unspecified atom stereocenters. The van der Waals surface area contributed by atoms with Crippen LogP contribution in [0.25, 0.3) is 0 Å². The molecule has 1 rings (SSSR count). The normalized spacial score (nSPS) is 10.1. The van der Waals surface area contributed by atoms with E-state index in [-0.39, 0.29) is 5.56 Å². The molecule has 5 heteroatoms. The topological polar surface area (TPSA) is 49.8 Å². The predicted molar refractivity (Wildman–Crippen MR) is 72.7 cm³/mol. The number of aromatic carboxylic acids is 1. The number of anilines is 1. The molecule has 0 aliphatic heterocycles. The molecule has 0 heterocycles. The Labute approximate surface area is 111 Å². The minimum absolute atomic E-state index is 0.175. The molecule has 98 valence electrons. The molecular formula is C13H16ClNO3. The molecule has 0 amide bonds. The van der Waals surface area contributed by atoms with Crippen molar-refractivity contribution < 1.29 is 14.6 Å². The molecule has 0 aliphatic rings. The Hall–Kier alpha value is -1.52. The molecular weight excluding hydrogens is 254 g/mol. The molecule has 0 aromatic heterocycles. The van der Waals surface area contributed by atoms with Gasteiger partial charge in [-0.05, 0) is 18.2 Å². The summed E-state index contributed by atoms with van der Waals surface area (Å²) in [7, 11) is 1.63. The minimum atomic E-state index is -0.990. The number of hydrogen-bond acceptors (Lipinski definition) is 3. The fourth-order valence-electron chi connectivity index (χ4n) is 1.56. The van der Waals surface area contributed by atoms with E-state index >= 15 is 0 Å². The summed E-state index contributed by atoms with van der Waals surface area (Å²) in [6.07, 6.45) is 1.76. The van der Waals surface area contributed by atoms with E-state index in [1.165, 1.54) is 12.1 Å². The maximum atomic E-state index is 10.8. The van der Waals surface area contributed by atoms with Gasteiger partial charge in [0, 0.05) is 20.2 Å². The molecule has 18 heavy (non-hydrogen) atoms. The highest BCUT2D eigenvalue weighted by Gasteiger charge is 2.12. The summed E-state index contributed by atoms with van der Waals surface area (Å²) in [6.45, 7) is 5.53. The van der Waals surface area contributed by atoms with Crippen LogP contribution in [0.3, 0.4) is 0 Å². The minimum Gasteiger partial charge on any atom is -0.478 e. The number of halogens is 1. The zero-order chi connectivity index (χ0) is 13.5. The van der Waals surface area contributed by atoms with Crippen molar-refractivity contribution in [2.75, 3.05) is 31.7 Å². The van der Waals surface area contributed by atoms with Gasteiger partial charge in [0.1, 0.15) is 0 Å². The second kappa shape index (κ2) is 7.03. The van der Waals surface area contributed by atoms with Crippen molar-refractivity contribution in [2.45, 2.75) is 0 Å². The van der Waals surface area contributed by atoms with Gasteiger partial charge in [0.2, 0.25) is 0 Å². The summed E-state index contributed by atoms with van der Waals surface area (Å²) in [5, 5.41) is 9.29. The van der Waals surface area contributed by atoms with Gasteiger partial charge in [0.25, 0.3) is 0 Å². The molecule has 0 spiro atoms. The number of nitrogens with zero attached hydrogens (tertiary/aromatic N) is 1. The van der Waals surface area contributed by atoms with Crippen LogP contribution in [0, 0.1) is 0 Å². The lowest BCUT2D eigenvalue weighted by atomic mass is 10.2. The number of rotatable bonds is 7. The van der Waals surface area contributed by atoms with E-state index in [1.54, 1.807) is 19.3 Å². The van der Waals surface area contributed by atoms with Crippen molar-refractivity contribution in [3.63, 3.8) is 0 Å². The summed E-state index contributed by atoms with van der Waals surface area (Å²) < 4.78 is 5.03. The van der Waals surface area contributed by atoms with Crippen LogP contribution in [0.4, 0.5) is 5.69 Å². The van der Waals surface area contributed by atoms with Crippen molar-refractivity contribution in [2.24, 2.45) is 0 Å². The maximum Gasteiger partial charge on any atom is 0.335 e. The first-order chi connectivity index (χ1) is 8.60. The summed E-state index contributed by atoms with van der Waals surface area (Å²) >= 11 is 6.10. The Bertz CT molecular complexity index is 434. The Kier molecular flexibility index (Phi) is 5.68. The first kappa shape index (κ1) is 14.5. The molecule has 0 saturated heterocycles. The van der Waals surface area contributed by atoms with E-state index in [1.807, 2.05) is 4.90 Å². The highest BCUT2D eigenvalue weighted by atomic mass is 35.5. The predicted octanol–water partition coefficient (Wildman–Crippen LogP) is 2.68. The molecule has 0 atom stereocenters. The third-order valence-corrected chi connectivity index (χ3v) is 2.75. The maximum absolute atomic E-state index is 10.8. The van der Waals surface area contributed by atoms with Gasteiger partial charge in [-0.1, -0.05) is 17.7 Å². The molecule has 1 aromatic carbocycles. The van der Waals surface area contributed by atoms with Crippen molar-refractivity contribution in [3.05, 3.63) is 41.4 Å². The van der Waals surface area contributed by atoms with Crippen LogP contribution in [0.5, 0.6) is 0 Å². The van der Waals surface area contributed by atoms with Crippen molar-refractivity contribution in [3.8, 4) is 0 Å². The van der Waals surface area contributed by atoms with E-state index < -0.39 is 5.97 Å². The first-order valence-electron chi connectivity index (χ1n) is 5.47. The third kappa shape index (κ3) is 3.75. The molecule has 1 aromatic rings. The Morgan fingerprint density at radius 3 is 2.83 bits per heavy atom. The van der Waals surface area contributed by atoms with Gasteiger partial charge in [-0.2, -0.15) is 0 Å². The molecule has 0 fully saturated rings. The zero-order valence-corrected chi connectivity index (χ0v) is 11.0. The Morgan fingerprint density at radius 1 is 1.61 bits per heavy atom. The van der Waals surface area contributed by atoms with Crippen LogP contribution < -0.4 is 4.90 Å². The van der Waals surface area contributed by atoms with Crippen LogP contribution in [-0.2, 0) is 4.74 Å². The van der Waals surface area contributed by atoms with Gasteiger partial charge in [-0.3, -0.25) is 0 Å². The first-order valence-corrected chi connectivity index (χ1v) is 5.85. The number of ether oxygens (including phenoxy) is 1. The number of methoxy groups -OCH3 is 1. The van der Waals surface area contributed by atoms with Crippen molar-refractivity contribution in [1.82, 2.24) is 0 Å². The number of carboxylic acid groups (broad SMARTS) is 1. The standard InChI is InChI=1S/C13H16ClNO3/c1-3-6-15(7-8-18-2)12-5-4-10(13(16)17)9-11(12)14/h3-5,9H,1,6-8H2,2H3,(H,16,17). The third-order valence-electron chi connectivity index (χ3n) is 2.45. The fraction of sp³-hybridized carbons (Fsp3) is 0.308. The second-order valence-corrected chi connectivity index (χ2v) is 4.11. The SMILES string of the molecule is C=CCN(CCOC)c1ccc(C(=O)O)cc1Cl. The highest BCUT2D eigenvalue weighted by Crippen LogP contribution is 2.26. The van der Waals surface area contributed by atoms with E-state index in [0.717, 1.165) is 5.69 Å². The largest absolute Gasteiger partial charge is 0.478 e. The smallest absolute Gasteiger partial charge is 0.335 e. The highest BCUT2D eigenvalue weighted by molar-refractivity contribution is 6.33. The number of carboxylic acids is 1. The Balaban J connectivity index is 2.97. The van der Waals surface area contributed by atoms with Crippen LogP contribution in [0.15, 0.2) is 30.9 Å². The quantitative estimate of drug-likeness (QED) is 0.773. The molecule has 0 radical (unpaired) electrons. The summed E-state index contributed by atoms with van der Waals surface area (Å²) in [4.78, 5) is 12.8. The molecule has 1 N–H and O–H groups in total. The van der Waals surface area contributed by atoms with E-state index in [0.29, 0.717) is 24.7 Å². The van der Waals surface area contributed by atoms with Gasteiger partial charge in [-0.15, -0.1) is 6.58 Å². The monoisotopic (exact) mass is 269 g/mol. The molecule has 0 bridgehead atoms. The van der Waals surface area contributed by atoms with Gasteiger partial charge in [-0.25, -0.2) is 4.79 Å². The van der Waals surface area contributed by atoms with E-state index in [9.17, 15) is 4.79 Å². The van der Waals surface area contributed by atoms with Crippen molar-refractivity contribution >= 4 is 23.3 Å². The van der Waals surface area contributed by atoms with Gasteiger partial charge in [0.05, 0.1) is 22.9 Å². The van der Waals surface area contributed by atoms with Crippen LogP contribution in [0.1, 0.15) is 10.4 Å². The Morgan fingerprint density at radius 2 is 2.33 bits per heavy atom. The molecule has 4 nitrogen and oxygen atoms in total. The van der Waals surface area contributed by atoms with Gasteiger partial charge >= 0.3 is 5.97 Å². The number of benzene rings is 1. The lowest BCUT2D eigenvalue weighted by Crippen LogP contribution is -2.27. The lowest BCUT2D eigenvalue weighted by Gasteiger charge is -2.24. The number of carbonyl (C=O) groups is 1. The zero-order valence-electron chi connectivity index (χ0n) is 10.2. The average Bonchev–Trinajstić information content (AvgIpc) is 2.34. The van der Waals surface area contributed by atoms with Crippen LogP contribution in [0.2, 0.25) is 5.02 Å². The van der Waals surface area contributed by atoms with Crippen LogP contribution in [-0.4, -0.2) is 37.9 Å². The molecule has 0 saturated carbocycles. The van der Waals surface area contributed by atoms with E-state index in [4.69, 9.17) is 21.4 Å².